The van der Waals surface area contributed by atoms with Gasteiger partial charge in [-0.3, -0.25) is 14.4 Å². The van der Waals surface area contributed by atoms with Crippen molar-refractivity contribution in [2.24, 2.45) is 23.7 Å². The average Bonchev–Trinajstić information content (AvgIpc) is 2.74. The topological polar surface area (TPSA) is 116 Å². The van der Waals surface area contributed by atoms with Crippen molar-refractivity contribution in [1.29, 1.82) is 0 Å². The molecule has 0 unspecified atom stereocenters. The number of carbonyl (C=O) groups is 3. The third-order valence-electron chi connectivity index (χ3n) is 7.53. The van der Waals surface area contributed by atoms with E-state index in [9.17, 15) is 24.8 Å². The van der Waals surface area contributed by atoms with Gasteiger partial charge >= 0.3 is 0 Å². The Balaban J connectivity index is 1.27. The Morgan fingerprint density at radius 3 is 2.06 bits per heavy atom. The van der Waals surface area contributed by atoms with Crippen LogP contribution in [0.5, 0.6) is 0 Å². The van der Waals surface area contributed by atoms with Crippen LogP contribution in [0.4, 0.5) is 11.4 Å². The number of para-hydroxylation sites is 2. The Hall–Kier alpha value is -2.71. The summed E-state index contributed by atoms with van der Waals surface area (Å²) in [5, 5.41) is 29.0. The fraction of sp³-hybridized carbons (Fsp3) is 0.522. The number of Topliss-reactive ketones (excluding diaryl/α,β-unsaturated/α-hetero) is 2. The van der Waals surface area contributed by atoms with E-state index < -0.39 is 29.6 Å². The highest BCUT2D eigenvalue weighted by Gasteiger charge is 2.49. The molecule has 1 aliphatic heterocycles. The van der Waals surface area contributed by atoms with Crippen LogP contribution < -0.4 is 15.4 Å². The second-order valence-corrected chi connectivity index (χ2v) is 9.46. The highest BCUT2D eigenvalue weighted by molar-refractivity contribution is 6.40. The Morgan fingerprint density at radius 2 is 1.48 bits per heavy atom. The summed E-state index contributed by atoms with van der Waals surface area (Å²) in [6, 6.07) is 6.13. The van der Waals surface area contributed by atoms with Crippen LogP contribution in [0.2, 0.25) is 0 Å². The van der Waals surface area contributed by atoms with Crippen LogP contribution in [-0.2, 0) is 14.4 Å². The lowest BCUT2D eigenvalue weighted by atomic mass is 9.54. The van der Waals surface area contributed by atoms with Crippen LogP contribution in [0, 0.1) is 34.1 Å². The number of benzene rings is 1. The highest BCUT2D eigenvalue weighted by atomic mass is 16.5. The number of nitrogens with zero attached hydrogens (tertiary/aromatic N) is 2. The van der Waals surface area contributed by atoms with Gasteiger partial charge in [0.05, 0.1) is 23.5 Å². The fourth-order valence-corrected chi connectivity index (χ4v) is 6.37. The molecule has 0 radical (unpaired) electrons. The van der Waals surface area contributed by atoms with E-state index in [0.717, 1.165) is 37.5 Å². The first kappa shape index (κ1) is 20.2. The molecule has 6 rings (SSSR count). The minimum atomic E-state index is -0.871. The number of hydrogen-bond acceptors (Lipinski definition) is 7. The second-order valence-electron chi connectivity index (χ2n) is 9.46. The number of hydrogen-bond donors (Lipinski definition) is 1. The van der Waals surface area contributed by atoms with Crippen LogP contribution >= 0.6 is 0 Å². The number of hydroxylamine groups is 2. The fourth-order valence-electron chi connectivity index (χ4n) is 6.37. The Bertz CT molecular complexity index is 959. The molecule has 8 nitrogen and oxygen atoms in total. The molecule has 0 aromatic heterocycles. The number of allylic oxidation sites excluding steroid dienone is 2. The van der Waals surface area contributed by atoms with Crippen molar-refractivity contribution in [3.63, 3.8) is 0 Å². The van der Waals surface area contributed by atoms with Crippen LogP contribution in [0.3, 0.4) is 0 Å². The Morgan fingerprint density at radius 1 is 0.935 bits per heavy atom. The highest BCUT2D eigenvalue weighted by Crippen LogP contribution is 2.53. The summed E-state index contributed by atoms with van der Waals surface area (Å²) < 4.78 is 0. The lowest BCUT2D eigenvalue weighted by Gasteiger charge is -2.54. The van der Waals surface area contributed by atoms with Crippen molar-refractivity contribution in [1.82, 2.24) is 5.32 Å². The van der Waals surface area contributed by atoms with E-state index in [-0.39, 0.29) is 23.1 Å². The first-order chi connectivity index (χ1) is 14.8. The maximum atomic E-state index is 12.8. The lowest BCUT2D eigenvalue weighted by Crippen LogP contribution is -2.56. The third-order valence-corrected chi connectivity index (χ3v) is 7.53. The molecule has 4 aliphatic carbocycles. The predicted octanol–water partition coefficient (Wildman–Crippen LogP) is 3.01. The molecular formula is C23H25N3O5-2. The molecule has 164 valence electrons. The van der Waals surface area contributed by atoms with E-state index in [1.165, 1.54) is 25.5 Å². The van der Waals surface area contributed by atoms with Crippen molar-refractivity contribution in [2.75, 3.05) is 10.1 Å². The number of anilines is 2. The number of fused-ring (bicyclic) bond motifs is 1. The van der Waals surface area contributed by atoms with Crippen LogP contribution in [-0.4, -0.2) is 23.5 Å². The van der Waals surface area contributed by atoms with Crippen LogP contribution in [0.15, 0.2) is 35.7 Å². The zero-order chi connectivity index (χ0) is 21.9. The number of ketones is 2. The van der Waals surface area contributed by atoms with Crippen LogP contribution in [0.1, 0.15) is 45.4 Å². The monoisotopic (exact) mass is 423 g/mol. The molecule has 1 aromatic carbocycles. The summed E-state index contributed by atoms with van der Waals surface area (Å²) in [6.45, 7) is 1.36. The van der Waals surface area contributed by atoms with E-state index in [1.54, 1.807) is 12.1 Å². The van der Waals surface area contributed by atoms with Crippen molar-refractivity contribution >= 4 is 28.8 Å². The Labute approximate surface area is 180 Å². The number of rotatable bonds is 5. The Kier molecular flexibility index (Phi) is 4.86. The van der Waals surface area contributed by atoms with Gasteiger partial charge in [0.1, 0.15) is 0 Å². The maximum Gasteiger partial charge on any atom is 0.288 e. The van der Waals surface area contributed by atoms with Gasteiger partial charge in [-0.15, -0.1) is 0 Å². The minimum absolute atomic E-state index is 0.00463. The average molecular weight is 423 g/mol. The molecule has 0 atom stereocenters. The molecule has 0 spiro atoms. The van der Waals surface area contributed by atoms with Gasteiger partial charge in [0.15, 0.2) is 5.78 Å². The zero-order valence-corrected chi connectivity index (χ0v) is 17.4. The molecule has 4 saturated carbocycles. The van der Waals surface area contributed by atoms with Gasteiger partial charge in [0, 0.05) is 11.7 Å². The van der Waals surface area contributed by atoms with Gasteiger partial charge in [0.2, 0.25) is 5.78 Å². The summed E-state index contributed by atoms with van der Waals surface area (Å²) in [7, 11) is 0. The van der Waals surface area contributed by atoms with Crippen molar-refractivity contribution in [2.45, 2.75) is 51.5 Å². The van der Waals surface area contributed by atoms with E-state index in [0.29, 0.717) is 22.0 Å². The second kappa shape index (κ2) is 7.46. The number of amides is 1. The molecule has 4 bridgehead atoms. The lowest BCUT2D eigenvalue weighted by molar-refractivity contribution is -0.141. The van der Waals surface area contributed by atoms with Gasteiger partial charge < -0.3 is 25.9 Å². The standard InChI is InChI=1S/C23H25N3O5/c1-12-22(26(31)18-5-3-2-4-17(18)25(12)30)19(27)11-20(28)23(29)24-21-15-7-13-6-14(9-15)10-16(21)8-13/h2-5,13-16,21H,6-11H2,1H3,(H,24,29)/q-2. The van der Waals surface area contributed by atoms with Gasteiger partial charge in [-0.1, -0.05) is 12.1 Å². The molecule has 31 heavy (non-hydrogen) atoms. The zero-order valence-electron chi connectivity index (χ0n) is 17.4. The van der Waals surface area contributed by atoms with Gasteiger partial charge in [-0.05, 0) is 74.8 Å². The first-order valence-electron chi connectivity index (χ1n) is 10.9. The number of nitrogens with one attached hydrogen (secondary N) is 1. The maximum absolute atomic E-state index is 12.8. The molecule has 1 N–H and O–H groups in total. The van der Waals surface area contributed by atoms with Gasteiger partial charge in [-0.2, -0.15) is 0 Å². The summed E-state index contributed by atoms with van der Waals surface area (Å²) in [5.74, 6) is -0.150. The quantitative estimate of drug-likeness (QED) is 0.572. The van der Waals surface area contributed by atoms with Crippen molar-refractivity contribution in [3.8, 4) is 0 Å². The smallest absolute Gasteiger partial charge is 0.288 e. The van der Waals surface area contributed by atoms with E-state index in [2.05, 4.69) is 5.32 Å². The molecular weight excluding hydrogens is 398 g/mol. The van der Waals surface area contributed by atoms with Crippen molar-refractivity contribution < 1.29 is 14.4 Å². The number of carbonyl (C=O) groups excluding carboxylic acids is 3. The first-order valence-corrected chi connectivity index (χ1v) is 10.9. The van der Waals surface area contributed by atoms with E-state index in [1.807, 2.05) is 0 Å². The normalized spacial score (nSPS) is 31.0. The molecule has 5 aliphatic rings. The van der Waals surface area contributed by atoms with Crippen molar-refractivity contribution in [3.05, 3.63) is 46.1 Å². The van der Waals surface area contributed by atoms with Gasteiger partial charge in [0.25, 0.3) is 5.91 Å². The van der Waals surface area contributed by atoms with Crippen LogP contribution in [0.25, 0.3) is 0 Å². The minimum Gasteiger partial charge on any atom is -0.754 e. The van der Waals surface area contributed by atoms with E-state index >= 15 is 0 Å². The molecule has 0 saturated heterocycles. The molecule has 1 aromatic rings. The molecule has 8 heteroatoms. The molecule has 1 heterocycles. The SMILES string of the molecule is CC1=C(C(=O)CC(=O)C(=O)NC2C3CC4CC(C3)CC2C4)N([O-])c2ccccc2N1[O-]. The summed E-state index contributed by atoms with van der Waals surface area (Å²) >= 11 is 0. The third kappa shape index (κ3) is 3.34. The molecule has 4 fully saturated rings. The summed E-state index contributed by atoms with van der Waals surface area (Å²) in [6.07, 6.45) is 4.95. The summed E-state index contributed by atoms with van der Waals surface area (Å²) in [4.78, 5) is 37.9. The molecule has 1 amide bonds. The largest absolute Gasteiger partial charge is 0.754 e. The summed E-state index contributed by atoms with van der Waals surface area (Å²) in [5.41, 5.74) is -0.313. The van der Waals surface area contributed by atoms with E-state index in [4.69, 9.17) is 0 Å². The van der Waals surface area contributed by atoms with Gasteiger partial charge in [-0.25, -0.2) is 0 Å². The predicted molar refractivity (Wildman–Crippen MR) is 114 cm³/mol.